The van der Waals surface area contributed by atoms with E-state index < -0.39 is 36.4 Å². The van der Waals surface area contributed by atoms with E-state index in [1.54, 1.807) is 6.92 Å². The minimum atomic E-state index is -1.08. The molecule has 2 heterocycles. The number of carbonyl (C=O) groups excluding carboxylic acids is 2. The number of nitrogens with one attached hydrogen (secondary N) is 3. The molecule has 3 atom stereocenters. The first-order chi connectivity index (χ1) is 7.54. The molecule has 8 heteroatoms. The van der Waals surface area contributed by atoms with Crippen LogP contribution in [0.1, 0.15) is 13.3 Å². The molecule has 0 spiro atoms. The van der Waals surface area contributed by atoms with Crippen LogP contribution in [-0.2, 0) is 4.79 Å². The molecule has 0 radical (unpaired) electrons. The first kappa shape index (κ1) is 10.5. The van der Waals surface area contributed by atoms with Crippen molar-refractivity contribution in [3.63, 3.8) is 0 Å². The highest BCUT2D eigenvalue weighted by atomic mass is 16.4. The molecule has 0 aromatic rings. The zero-order valence-corrected chi connectivity index (χ0v) is 8.56. The Kier molecular flexibility index (Phi) is 2.33. The Balaban J connectivity index is 2.22. The highest BCUT2D eigenvalue weighted by Gasteiger charge is 2.49. The number of urea groups is 2. The van der Waals surface area contributed by atoms with E-state index in [9.17, 15) is 14.4 Å². The molecule has 0 aliphatic carbocycles. The molecule has 0 aromatic carbocycles. The van der Waals surface area contributed by atoms with Crippen molar-refractivity contribution in [3.05, 3.63) is 0 Å². The number of aliphatic carboxylic acids is 1. The van der Waals surface area contributed by atoms with Crippen LogP contribution in [0.25, 0.3) is 0 Å². The van der Waals surface area contributed by atoms with Crippen LogP contribution in [0.4, 0.5) is 9.59 Å². The first-order valence-corrected chi connectivity index (χ1v) is 4.93. The largest absolute Gasteiger partial charge is 0.480 e. The van der Waals surface area contributed by atoms with Crippen molar-refractivity contribution in [2.45, 2.75) is 31.7 Å². The second-order valence-electron chi connectivity index (χ2n) is 3.66. The van der Waals surface area contributed by atoms with E-state index in [4.69, 9.17) is 5.11 Å². The molecule has 2 aliphatic rings. The molecule has 2 rings (SSSR count). The Bertz CT molecular complexity index is 358. The van der Waals surface area contributed by atoms with Crippen LogP contribution in [0.3, 0.4) is 0 Å². The van der Waals surface area contributed by atoms with Crippen LogP contribution >= 0.6 is 0 Å². The fourth-order valence-corrected chi connectivity index (χ4v) is 1.98. The Hall–Kier alpha value is -1.99. The van der Waals surface area contributed by atoms with Gasteiger partial charge in [0.05, 0.1) is 0 Å². The number of rotatable bonds is 3. The lowest BCUT2D eigenvalue weighted by molar-refractivity contribution is -0.142. The van der Waals surface area contributed by atoms with Crippen molar-refractivity contribution in [2.24, 2.45) is 0 Å². The van der Waals surface area contributed by atoms with Gasteiger partial charge in [0.25, 0.3) is 0 Å². The first-order valence-electron chi connectivity index (χ1n) is 4.93. The number of fused-ring (bicyclic) bond motifs is 1. The summed E-state index contributed by atoms with van der Waals surface area (Å²) in [5.74, 6) is -1.08. The van der Waals surface area contributed by atoms with Crippen LogP contribution in [0.5, 0.6) is 0 Å². The number of hydrogen-bond acceptors (Lipinski definition) is 3. The second kappa shape index (κ2) is 3.54. The summed E-state index contributed by atoms with van der Waals surface area (Å²) in [5, 5.41) is 16.5. The molecule has 88 valence electrons. The zero-order chi connectivity index (χ0) is 11.9. The van der Waals surface area contributed by atoms with Gasteiger partial charge in [-0.1, -0.05) is 6.92 Å². The molecule has 0 bridgehead atoms. The average molecular weight is 228 g/mol. The standard InChI is InChI=1S/C8H12N4O4/c1-2-3(6(13)14)12-5-4(10-8(12)16)9-7(15)11-5/h3-5H,2H2,1H3,(H,10,16)(H,13,14)(H2,9,11,15)/t3-,4+,5+/m1/s1. The fraction of sp³-hybridized carbons (Fsp3) is 0.625. The number of nitrogens with zero attached hydrogens (tertiary/aromatic N) is 1. The quantitative estimate of drug-likeness (QED) is 0.488. The monoisotopic (exact) mass is 228 g/mol. The molecule has 8 nitrogen and oxygen atoms in total. The van der Waals surface area contributed by atoms with Gasteiger partial charge in [0.15, 0.2) is 0 Å². The highest BCUT2D eigenvalue weighted by molar-refractivity contribution is 5.88. The van der Waals surface area contributed by atoms with E-state index in [1.165, 1.54) is 0 Å². The Morgan fingerprint density at radius 1 is 1.44 bits per heavy atom. The van der Waals surface area contributed by atoms with Gasteiger partial charge in [0, 0.05) is 0 Å². The van der Waals surface area contributed by atoms with Crippen molar-refractivity contribution in [3.8, 4) is 0 Å². The maximum atomic E-state index is 11.6. The van der Waals surface area contributed by atoms with Crippen molar-refractivity contribution < 1.29 is 19.5 Å². The summed E-state index contributed by atoms with van der Waals surface area (Å²) in [6, 6.07) is -1.84. The summed E-state index contributed by atoms with van der Waals surface area (Å²) in [5.41, 5.74) is 0. The van der Waals surface area contributed by atoms with Gasteiger partial charge in [0.2, 0.25) is 0 Å². The third-order valence-electron chi connectivity index (χ3n) is 2.70. The highest BCUT2D eigenvalue weighted by Crippen LogP contribution is 2.19. The summed E-state index contributed by atoms with van der Waals surface area (Å²) < 4.78 is 0. The summed E-state index contributed by atoms with van der Waals surface area (Å²) in [7, 11) is 0. The maximum absolute atomic E-state index is 11.6. The van der Waals surface area contributed by atoms with E-state index in [0.29, 0.717) is 0 Å². The van der Waals surface area contributed by atoms with Crippen molar-refractivity contribution in [1.29, 1.82) is 0 Å². The minimum Gasteiger partial charge on any atom is -0.480 e. The molecule has 16 heavy (non-hydrogen) atoms. The molecule has 0 aromatic heterocycles. The predicted molar refractivity (Wildman–Crippen MR) is 51.3 cm³/mol. The fourth-order valence-electron chi connectivity index (χ4n) is 1.98. The third kappa shape index (κ3) is 1.42. The van der Waals surface area contributed by atoms with E-state index in [-0.39, 0.29) is 6.42 Å². The van der Waals surface area contributed by atoms with Crippen LogP contribution in [0.15, 0.2) is 0 Å². The topological polar surface area (TPSA) is 111 Å². The lowest BCUT2D eigenvalue weighted by atomic mass is 10.2. The van der Waals surface area contributed by atoms with Gasteiger partial charge in [-0.25, -0.2) is 14.4 Å². The molecule has 4 amide bonds. The Morgan fingerprint density at radius 3 is 2.69 bits per heavy atom. The molecule has 2 saturated heterocycles. The average Bonchev–Trinajstić information content (AvgIpc) is 2.65. The third-order valence-corrected chi connectivity index (χ3v) is 2.70. The molecule has 0 saturated carbocycles. The number of hydrogen-bond donors (Lipinski definition) is 4. The molecular formula is C8H12N4O4. The summed E-state index contributed by atoms with van der Waals surface area (Å²) in [4.78, 5) is 34.7. The summed E-state index contributed by atoms with van der Waals surface area (Å²) in [6.07, 6.45) is -0.920. The van der Waals surface area contributed by atoms with Gasteiger partial charge in [0.1, 0.15) is 18.4 Å². The Morgan fingerprint density at radius 2 is 2.12 bits per heavy atom. The van der Waals surface area contributed by atoms with Gasteiger partial charge in [-0.2, -0.15) is 0 Å². The van der Waals surface area contributed by atoms with Gasteiger partial charge in [-0.15, -0.1) is 0 Å². The molecule has 2 fully saturated rings. The zero-order valence-electron chi connectivity index (χ0n) is 8.56. The smallest absolute Gasteiger partial charge is 0.326 e. The SMILES string of the molecule is CC[C@H](C(=O)O)N1C(=O)N[C@@H]2NC(=O)N[C@H]21. The van der Waals surface area contributed by atoms with E-state index in [1.807, 2.05) is 0 Å². The summed E-state index contributed by atoms with van der Waals surface area (Å²) in [6.45, 7) is 1.67. The van der Waals surface area contributed by atoms with E-state index in [0.717, 1.165) is 4.90 Å². The van der Waals surface area contributed by atoms with Crippen LogP contribution in [0.2, 0.25) is 0 Å². The second-order valence-corrected chi connectivity index (χ2v) is 3.66. The Labute approximate surface area is 91.0 Å². The van der Waals surface area contributed by atoms with Gasteiger partial charge in [-0.3, -0.25) is 4.90 Å². The minimum absolute atomic E-state index is 0.280. The maximum Gasteiger partial charge on any atom is 0.326 e. The number of amides is 4. The van der Waals surface area contributed by atoms with Crippen LogP contribution in [0, 0.1) is 0 Å². The van der Waals surface area contributed by atoms with Gasteiger partial charge in [-0.05, 0) is 6.42 Å². The van der Waals surface area contributed by atoms with Crippen LogP contribution in [-0.4, -0.2) is 46.4 Å². The van der Waals surface area contributed by atoms with Crippen molar-refractivity contribution in [1.82, 2.24) is 20.9 Å². The van der Waals surface area contributed by atoms with Gasteiger partial charge >= 0.3 is 18.0 Å². The molecule has 0 unspecified atom stereocenters. The van der Waals surface area contributed by atoms with E-state index >= 15 is 0 Å². The molecular weight excluding hydrogens is 216 g/mol. The molecule has 4 N–H and O–H groups in total. The predicted octanol–water partition coefficient (Wildman–Crippen LogP) is -1.16. The van der Waals surface area contributed by atoms with Crippen LogP contribution < -0.4 is 16.0 Å². The van der Waals surface area contributed by atoms with Crippen molar-refractivity contribution >= 4 is 18.0 Å². The number of carbonyl (C=O) groups is 3. The summed E-state index contributed by atoms with van der Waals surface area (Å²) >= 11 is 0. The van der Waals surface area contributed by atoms with Crippen molar-refractivity contribution in [2.75, 3.05) is 0 Å². The lowest BCUT2D eigenvalue weighted by Crippen LogP contribution is -2.51. The normalized spacial score (nSPS) is 29.2. The number of carboxylic acid groups (broad SMARTS) is 1. The molecule has 2 aliphatic heterocycles. The number of carboxylic acids is 1. The van der Waals surface area contributed by atoms with Gasteiger partial charge < -0.3 is 21.1 Å². The van der Waals surface area contributed by atoms with E-state index in [2.05, 4.69) is 16.0 Å². The lowest BCUT2D eigenvalue weighted by Gasteiger charge is -2.26.